The predicted octanol–water partition coefficient (Wildman–Crippen LogP) is 2.09. The normalized spacial score (nSPS) is 11.2. The van der Waals surface area contributed by atoms with E-state index in [2.05, 4.69) is 15.4 Å². The largest absolute Gasteiger partial charge is 0.573 e. The van der Waals surface area contributed by atoms with Crippen LogP contribution in [0.15, 0.2) is 24.3 Å². The number of rotatable bonds is 6. The van der Waals surface area contributed by atoms with Crippen LogP contribution in [0.4, 0.5) is 13.2 Å². The Labute approximate surface area is 125 Å². The first-order chi connectivity index (χ1) is 10.2. The van der Waals surface area contributed by atoms with Gasteiger partial charge in [0.25, 0.3) is 5.91 Å². The van der Waals surface area contributed by atoms with E-state index in [9.17, 15) is 22.8 Å². The molecule has 5 nitrogen and oxygen atoms in total. The van der Waals surface area contributed by atoms with Gasteiger partial charge in [-0.05, 0) is 24.3 Å². The summed E-state index contributed by atoms with van der Waals surface area (Å²) in [5.41, 5.74) is 0.199. The second-order valence-electron chi connectivity index (χ2n) is 4.77. The molecule has 1 aromatic carbocycles. The third-order valence-corrected chi connectivity index (χ3v) is 2.58. The van der Waals surface area contributed by atoms with Gasteiger partial charge in [0.1, 0.15) is 5.75 Å². The van der Waals surface area contributed by atoms with Crippen molar-refractivity contribution in [1.29, 1.82) is 0 Å². The van der Waals surface area contributed by atoms with Crippen LogP contribution < -0.4 is 15.4 Å². The number of hydrogen-bond acceptors (Lipinski definition) is 3. The van der Waals surface area contributed by atoms with Crippen LogP contribution in [0.3, 0.4) is 0 Å². The van der Waals surface area contributed by atoms with Crippen molar-refractivity contribution in [3.63, 3.8) is 0 Å². The Hall–Kier alpha value is -2.25. The highest BCUT2D eigenvalue weighted by Gasteiger charge is 2.31. The highest BCUT2D eigenvalue weighted by Crippen LogP contribution is 2.22. The Morgan fingerprint density at radius 1 is 1.09 bits per heavy atom. The molecule has 22 heavy (non-hydrogen) atoms. The molecule has 0 unspecified atom stereocenters. The standard InChI is InChI=1S/C14H17F3N2O3/c1-9(2)12(20)18-7-8-19-13(21)10-3-5-11(6-4-10)22-14(15,16)17/h3-6,9H,7-8H2,1-2H3,(H,18,20)(H,19,21). The van der Waals surface area contributed by atoms with Crippen LogP contribution in [0, 0.1) is 5.92 Å². The van der Waals surface area contributed by atoms with Gasteiger partial charge in [-0.15, -0.1) is 13.2 Å². The molecule has 0 spiro atoms. The minimum absolute atomic E-state index is 0.122. The van der Waals surface area contributed by atoms with E-state index < -0.39 is 18.0 Å². The van der Waals surface area contributed by atoms with Gasteiger partial charge in [-0.3, -0.25) is 9.59 Å². The van der Waals surface area contributed by atoms with Gasteiger partial charge < -0.3 is 15.4 Å². The van der Waals surface area contributed by atoms with Crippen LogP contribution in [0.2, 0.25) is 0 Å². The molecule has 0 aromatic heterocycles. The van der Waals surface area contributed by atoms with E-state index in [1.807, 2.05) is 0 Å². The van der Waals surface area contributed by atoms with E-state index >= 15 is 0 Å². The smallest absolute Gasteiger partial charge is 0.406 e. The summed E-state index contributed by atoms with van der Waals surface area (Å²) in [6.07, 6.45) is -4.77. The van der Waals surface area contributed by atoms with Gasteiger partial charge in [-0.2, -0.15) is 0 Å². The van der Waals surface area contributed by atoms with Gasteiger partial charge >= 0.3 is 6.36 Å². The lowest BCUT2D eigenvalue weighted by Crippen LogP contribution is -2.36. The third-order valence-electron chi connectivity index (χ3n) is 2.58. The Kier molecular flexibility index (Phi) is 6.21. The zero-order valence-electron chi connectivity index (χ0n) is 12.2. The molecule has 0 fully saturated rings. The van der Waals surface area contributed by atoms with Crippen molar-refractivity contribution in [2.75, 3.05) is 13.1 Å². The first-order valence-electron chi connectivity index (χ1n) is 6.61. The number of carbonyl (C=O) groups excluding carboxylic acids is 2. The molecule has 0 heterocycles. The first-order valence-corrected chi connectivity index (χ1v) is 6.61. The van der Waals surface area contributed by atoms with E-state index in [0.717, 1.165) is 12.1 Å². The average molecular weight is 318 g/mol. The molecule has 0 aliphatic carbocycles. The maximum atomic E-state index is 12.0. The molecule has 0 saturated carbocycles. The molecule has 0 saturated heterocycles. The summed E-state index contributed by atoms with van der Waals surface area (Å²) in [5.74, 6) is -1.11. The SMILES string of the molecule is CC(C)C(=O)NCCNC(=O)c1ccc(OC(F)(F)F)cc1. The summed E-state index contributed by atoms with van der Waals surface area (Å²) in [6, 6.07) is 4.57. The maximum absolute atomic E-state index is 12.0. The lowest BCUT2D eigenvalue weighted by Gasteiger charge is -2.10. The first kappa shape index (κ1) is 17.8. The molecular weight excluding hydrogens is 301 g/mol. The van der Waals surface area contributed by atoms with Crippen LogP contribution in [0.5, 0.6) is 5.75 Å². The highest BCUT2D eigenvalue weighted by atomic mass is 19.4. The quantitative estimate of drug-likeness (QED) is 0.789. The van der Waals surface area contributed by atoms with Crippen LogP contribution >= 0.6 is 0 Å². The number of carbonyl (C=O) groups is 2. The number of alkyl halides is 3. The molecule has 8 heteroatoms. The fourth-order valence-electron chi connectivity index (χ4n) is 1.48. The maximum Gasteiger partial charge on any atom is 0.573 e. The molecule has 2 N–H and O–H groups in total. The van der Waals surface area contributed by atoms with Crippen molar-refractivity contribution in [3.05, 3.63) is 29.8 Å². The molecule has 0 radical (unpaired) electrons. The van der Waals surface area contributed by atoms with Crippen molar-refractivity contribution < 1.29 is 27.5 Å². The zero-order valence-corrected chi connectivity index (χ0v) is 12.2. The van der Waals surface area contributed by atoms with E-state index in [0.29, 0.717) is 0 Å². The number of ether oxygens (including phenoxy) is 1. The molecule has 122 valence electrons. The molecular formula is C14H17F3N2O3. The monoisotopic (exact) mass is 318 g/mol. The fourth-order valence-corrected chi connectivity index (χ4v) is 1.48. The van der Waals surface area contributed by atoms with Crippen LogP contribution in [-0.2, 0) is 4.79 Å². The number of hydrogen-bond donors (Lipinski definition) is 2. The van der Waals surface area contributed by atoms with Crippen molar-refractivity contribution in [1.82, 2.24) is 10.6 Å². The summed E-state index contributed by atoms with van der Waals surface area (Å²) < 4.78 is 39.7. The topological polar surface area (TPSA) is 67.4 Å². The second-order valence-corrected chi connectivity index (χ2v) is 4.77. The highest BCUT2D eigenvalue weighted by molar-refractivity contribution is 5.94. The van der Waals surface area contributed by atoms with Gasteiger partial charge in [0.2, 0.25) is 5.91 Å². The van der Waals surface area contributed by atoms with E-state index in [1.54, 1.807) is 13.8 Å². The lowest BCUT2D eigenvalue weighted by molar-refractivity contribution is -0.274. The van der Waals surface area contributed by atoms with Gasteiger partial charge in [0.05, 0.1) is 0 Å². The molecule has 1 rings (SSSR count). The van der Waals surface area contributed by atoms with Crippen LogP contribution in [0.25, 0.3) is 0 Å². The minimum Gasteiger partial charge on any atom is -0.406 e. The van der Waals surface area contributed by atoms with Crippen LogP contribution in [0.1, 0.15) is 24.2 Å². The van der Waals surface area contributed by atoms with Gasteiger partial charge in [-0.1, -0.05) is 13.8 Å². The van der Waals surface area contributed by atoms with Gasteiger partial charge in [0.15, 0.2) is 0 Å². The van der Waals surface area contributed by atoms with Crippen molar-refractivity contribution >= 4 is 11.8 Å². The molecule has 0 aliphatic heterocycles. The molecule has 0 bridgehead atoms. The van der Waals surface area contributed by atoms with Gasteiger partial charge in [0, 0.05) is 24.6 Å². The fraction of sp³-hybridized carbons (Fsp3) is 0.429. The van der Waals surface area contributed by atoms with Crippen molar-refractivity contribution in [2.24, 2.45) is 5.92 Å². The lowest BCUT2D eigenvalue weighted by atomic mass is 10.2. The number of amides is 2. The summed E-state index contributed by atoms with van der Waals surface area (Å²) >= 11 is 0. The zero-order chi connectivity index (χ0) is 16.8. The van der Waals surface area contributed by atoms with E-state index in [-0.39, 0.29) is 30.5 Å². The summed E-state index contributed by atoms with van der Waals surface area (Å²) in [6.45, 7) is 3.99. The molecule has 0 atom stereocenters. The van der Waals surface area contributed by atoms with Crippen LogP contribution in [-0.4, -0.2) is 31.3 Å². The Bertz CT molecular complexity index is 513. The van der Waals surface area contributed by atoms with Crippen molar-refractivity contribution in [3.8, 4) is 5.75 Å². The minimum atomic E-state index is -4.77. The summed E-state index contributed by atoms with van der Waals surface area (Å²) in [7, 11) is 0. The number of nitrogens with one attached hydrogen (secondary N) is 2. The second kappa shape index (κ2) is 7.67. The number of halogens is 3. The molecule has 2 amide bonds. The molecule has 1 aromatic rings. The Morgan fingerprint density at radius 3 is 2.14 bits per heavy atom. The van der Waals surface area contributed by atoms with E-state index in [4.69, 9.17) is 0 Å². The average Bonchev–Trinajstić information content (AvgIpc) is 2.42. The number of benzene rings is 1. The van der Waals surface area contributed by atoms with E-state index in [1.165, 1.54) is 12.1 Å². The molecule has 0 aliphatic rings. The van der Waals surface area contributed by atoms with Crippen molar-refractivity contribution in [2.45, 2.75) is 20.2 Å². The van der Waals surface area contributed by atoms with Gasteiger partial charge in [-0.25, -0.2) is 0 Å². The summed E-state index contributed by atoms with van der Waals surface area (Å²) in [4.78, 5) is 23.0. The predicted molar refractivity (Wildman–Crippen MR) is 73.3 cm³/mol. The summed E-state index contributed by atoms with van der Waals surface area (Å²) in [5, 5.41) is 5.17. The Balaban J connectivity index is 2.41. The Morgan fingerprint density at radius 2 is 1.64 bits per heavy atom. The third kappa shape index (κ3) is 6.47.